The highest BCUT2D eigenvalue weighted by atomic mass is 32.2. The Morgan fingerprint density at radius 3 is 2.00 bits per heavy atom. The molecule has 19 heavy (non-hydrogen) atoms. The van der Waals surface area contributed by atoms with Crippen LogP contribution in [0.2, 0.25) is 0 Å². The number of nitrogens with two attached hydrogens (primary N) is 1. The van der Waals surface area contributed by atoms with Crippen LogP contribution < -0.4 is 5.73 Å². The van der Waals surface area contributed by atoms with Gasteiger partial charge in [-0.05, 0) is 80.8 Å². The van der Waals surface area contributed by atoms with Crippen molar-refractivity contribution in [3.8, 4) is 0 Å². The number of hydrogen-bond donors (Lipinski definition) is 1. The lowest BCUT2D eigenvalue weighted by Crippen LogP contribution is -2.47. The van der Waals surface area contributed by atoms with Gasteiger partial charge in [-0.15, -0.1) is 0 Å². The SMILES string of the molecule is NC1(C2(CC3CC3)CCC(SCC3CC3)CC2)CC1. The van der Waals surface area contributed by atoms with Crippen LogP contribution in [0, 0.1) is 17.3 Å². The molecular weight excluding hydrogens is 250 g/mol. The van der Waals surface area contributed by atoms with Crippen molar-refractivity contribution in [3.05, 3.63) is 0 Å². The Balaban J connectivity index is 1.34. The van der Waals surface area contributed by atoms with Gasteiger partial charge >= 0.3 is 0 Å². The predicted molar refractivity (Wildman–Crippen MR) is 83.4 cm³/mol. The van der Waals surface area contributed by atoms with Crippen LogP contribution in [0.5, 0.6) is 0 Å². The second-order valence-electron chi connectivity index (χ2n) is 8.06. The maximum Gasteiger partial charge on any atom is 0.0212 e. The minimum Gasteiger partial charge on any atom is -0.325 e. The van der Waals surface area contributed by atoms with Crippen LogP contribution in [0.3, 0.4) is 0 Å². The molecule has 2 N–H and O–H groups in total. The van der Waals surface area contributed by atoms with E-state index in [1.807, 2.05) is 0 Å². The summed E-state index contributed by atoms with van der Waals surface area (Å²) in [6.45, 7) is 0. The van der Waals surface area contributed by atoms with Crippen molar-refractivity contribution in [1.82, 2.24) is 0 Å². The van der Waals surface area contributed by atoms with Crippen molar-refractivity contribution in [1.29, 1.82) is 0 Å². The molecule has 4 aliphatic carbocycles. The van der Waals surface area contributed by atoms with Crippen molar-refractivity contribution in [2.45, 2.75) is 81.4 Å². The van der Waals surface area contributed by atoms with E-state index in [9.17, 15) is 0 Å². The van der Waals surface area contributed by atoms with Gasteiger partial charge in [-0.3, -0.25) is 0 Å². The molecule has 4 fully saturated rings. The highest BCUT2D eigenvalue weighted by Crippen LogP contribution is 2.61. The molecule has 0 heterocycles. The lowest BCUT2D eigenvalue weighted by Gasteiger charge is -2.45. The third-order valence-electron chi connectivity index (χ3n) is 6.38. The van der Waals surface area contributed by atoms with Crippen LogP contribution in [0.1, 0.15) is 70.6 Å². The number of thioether (sulfide) groups is 1. The van der Waals surface area contributed by atoms with Crippen LogP contribution in [-0.2, 0) is 0 Å². The Hall–Kier alpha value is 0.310. The molecule has 0 aromatic heterocycles. The molecule has 0 saturated heterocycles. The monoisotopic (exact) mass is 279 g/mol. The molecule has 4 aliphatic rings. The predicted octanol–water partition coefficient (Wildman–Crippen LogP) is 4.35. The summed E-state index contributed by atoms with van der Waals surface area (Å²) in [4.78, 5) is 0. The standard InChI is InChI=1S/C17H29NS/c18-17(9-10-17)16(11-13-1-2-13)7-5-15(6-8-16)19-12-14-3-4-14/h13-15H,1-12,18H2. The van der Waals surface area contributed by atoms with E-state index in [1.165, 1.54) is 76.4 Å². The number of rotatable bonds is 6. The van der Waals surface area contributed by atoms with Gasteiger partial charge in [-0.2, -0.15) is 11.8 Å². The minimum absolute atomic E-state index is 0.266. The molecule has 0 bridgehead atoms. The van der Waals surface area contributed by atoms with E-state index in [4.69, 9.17) is 5.73 Å². The summed E-state index contributed by atoms with van der Waals surface area (Å²) in [6, 6.07) is 0. The number of hydrogen-bond acceptors (Lipinski definition) is 2. The largest absolute Gasteiger partial charge is 0.325 e. The van der Waals surface area contributed by atoms with Crippen LogP contribution in [0.15, 0.2) is 0 Å². The molecule has 4 rings (SSSR count). The lowest BCUT2D eigenvalue weighted by molar-refractivity contribution is 0.111. The Morgan fingerprint density at radius 1 is 0.842 bits per heavy atom. The Labute approximate surface area is 122 Å². The summed E-state index contributed by atoms with van der Waals surface area (Å²) in [5, 5.41) is 0.968. The maximum absolute atomic E-state index is 6.70. The first-order valence-corrected chi connectivity index (χ1v) is 9.65. The molecule has 108 valence electrons. The average molecular weight is 279 g/mol. The van der Waals surface area contributed by atoms with E-state index < -0.39 is 0 Å². The third kappa shape index (κ3) is 2.72. The van der Waals surface area contributed by atoms with Gasteiger partial charge in [0.1, 0.15) is 0 Å². The highest BCUT2D eigenvalue weighted by molar-refractivity contribution is 7.99. The van der Waals surface area contributed by atoms with Gasteiger partial charge in [0, 0.05) is 10.8 Å². The van der Waals surface area contributed by atoms with Crippen LogP contribution in [0.25, 0.3) is 0 Å². The lowest BCUT2D eigenvalue weighted by atomic mass is 9.64. The maximum atomic E-state index is 6.70. The molecule has 0 aromatic rings. The zero-order chi connectivity index (χ0) is 12.9. The van der Waals surface area contributed by atoms with Gasteiger partial charge in [-0.25, -0.2) is 0 Å². The van der Waals surface area contributed by atoms with Gasteiger partial charge in [0.2, 0.25) is 0 Å². The summed E-state index contributed by atoms with van der Waals surface area (Å²) in [7, 11) is 0. The summed E-state index contributed by atoms with van der Waals surface area (Å²) in [5.41, 5.74) is 7.53. The molecule has 0 aliphatic heterocycles. The van der Waals surface area contributed by atoms with Gasteiger partial charge in [0.15, 0.2) is 0 Å². The smallest absolute Gasteiger partial charge is 0.0212 e. The average Bonchev–Trinajstić information content (AvgIpc) is 3.19. The normalized spacial score (nSPS) is 41.2. The van der Waals surface area contributed by atoms with E-state index in [2.05, 4.69) is 11.8 Å². The van der Waals surface area contributed by atoms with E-state index >= 15 is 0 Å². The fraction of sp³-hybridized carbons (Fsp3) is 1.00. The summed E-state index contributed by atoms with van der Waals surface area (Å²) in [5.74, 6) is 3.60. The molecule has 4 saturated carbocycles. The van der Waals surface area contributed by atoms with E-state index in [0.717, 1.165) is 17.1 Å². The van der Waals surface area contributed by atoms with E-state index in [-0.39, 0.29) is 5.54 Å². The fourth-order valence-corrected chi connectivity index (χ4v) is 5.76. The van der Waals surface area contributed by atoms with E-state index in [0.29, 0.717) is 5.41 Å². The van der Waals surface area contributed by atoms with Crippen LogP contribution in [-0.4, -0.2) is 16.5 Å². The molecule has 0 atom stereocenters. The molecule has 0 amide bonds. The first kappa shape index (κ1) is 13.0. The quantitative estimate of drug-likeness (QED) is 0.782. The molecule has 2 heteroatoms. The summed E-state index contributed by atoms with van der Waals surface area (Å²) < 4.78 is 0. The molecule has 0 radical (unpaired) electrons. The summed E-state index contributed by atoms with van der Waals surface area (Å²) >= 11 is 2.29. The molecule has 1 nitrogen and oxygen atoms in total. The highest BCUT2D eigenvalue weighted by Gasteiger charge is 2.58. The van der Waals surface area contributed by atoms with Gasteiger partial charge in [-0.1, -0.05) is 12.8 Å². The first-order chi connectivity index (χ1) is 9.19. The summed E-state index contributed by atoms with van der Waals surface area (Å²) in [6.07, 6.45) is 15.9. The Morgan fingerprint density at radius 2 is 1.47 bits per heavy atom. The fourth-order valence-electron chi connectivity index (χ4n) is 4.31. The second kappa shape index (κ2) is 4.66. The second-order valence-corrected chi connectivity index (χ2v) is 9.39. The van der Waals surface area contributed by atoms with Crippen LogP contribution in [0.4, 0.5) is 0 Å². The Bertz CT molecular complexity index is 333. The van der Waals surface area contributed by atoms with Crippen molar-refractivity contribution in [3.63, 3.8) is 0 Å². The van der Waals surface area contributed by atoms with Gasteiger partial charge in [0.25, 0.3) is 0 Å². The first-order valence-electron chi connectivity index (χ1n) is 8.60. The van der Waals surface area contributed by atoms with Crippen molar-refractivity contribution < 1.29 is 0 Å². The van der Waals surface area contributed by atoms with Crippen molar-refractivity contribution >= 4 is 11.8 Å². The zero-order valence-corrected chi connectivity index (χ0v) is 13.0. The topological polar surface area (TPSA) is 26.0 Å². The zero-order valence-electron chi connectivity index (χ0n) is 12.2. The van der Waals surface area contributed by atoms with E-state index in [1.54, 1.807) is 0 Å². The van der Waals surface area contributed by atoms with Crippen molar-refractivity contribution in [2.75, 3.05) is 5.75 Å². The van der Waals surface area contributed by atoms with Crippen molar-refractivity contribution in [2.24, 2.45) is 23.0 Å². The van der Waals surface area contributed by atoms with Gasteiger partial charge in [0.05, 0.1) is 0 Å². The molecule has 0 aromatic carbocycles. The third-order valence-corrected chi connectivity index (χ3v) is 7.98. The molecular formula is C17H29NS. The molecule has 0 spiro atoms. The Kier molecular flexibility index (Phi) is 3.19. The minimum atomic E-state index is 0.266. The molecule has 0 unspecified atom stereocenters. The van der Waals surface area contributed by atoms with Crippen LogP contribution >= 0.6 is 11.8 Å². The van der Waals surface area contributed by atoms with Gasteiger partial charge < -0.3 is 5.73 Å².